The molecule has 2 aromatic rings. The minimum absolute atomic E-state index is 0.0278. The number of aromatic nitrogens is 1. The van der Waals surface area contributed by atoms with Gasteiger partial charge in [0.05, 0.1) is 12.7 Å². The van der Waals surface area contributed by atoms with Gasteiger partial charge in [-0.05, 0) is 24.5 Å². The molecule has 25 heavy (non-hydrogen) atoms. The van der Waals surface area contributed by atoms with Crippen molar-refractivity contribution in [3.63, 3.8) is 0 Å². The minimum atomic E-state index is -0.0278. The van der Waals surface area contributed by atoms with Crippen LogP contribution in [0.3, 0.4) is 0 Å². The summed E-state index contributed by atoms with van der Waals surface area (Å²) in [6.07, 6.45) is 2.95. The van der Waals surface area contributed by atoms with Crippen LogP contribution in [0.1, 0.15) is 55.9 Å². The molecular weight excluding hydrogens is 312 g/mol. The van der Waals surface area contributed by atoms with Gasteiger partial charge < -0.3 is 15.1 Å². The highest BCUT2D eigenvalue weighted by atomic mass is 16.4. The Morgan fingerprint density at radius 3 is 2.72 bits per heavy atom. The number of benzene rings is 1. The van der Waals surface area contributed by atoms with E-state index in [9.17, 15) is 0 Å². The Balaban J connectivity index is 1.53. The number of aryl methyl sites for hydroxylation is 1. The molecule has 1 aliphatic carbocycles. The fourth-order valence-electron chi connectivity index (χ4n) is 2.97. The molecule has 2 N–H and O–H groups in total. The van der Waals surface area contributed by atoms with E-state index in [1.807, 2.05) is 6.20 Å². The van der Waals surface area contributed by atoms with Crippen molar-refractivity contribution in [2.45, 2.75) is 58.0 Å². The summed E-state index contributed by atoms with van der Waals surface area (Å²) >= 11 is 0. The number of hydrogen-bond acceptors (Lipinski definition) is 3. The fraction of sp³-hybridized carbons (Fsp3) is 0.500. The zero-order chi connectivity index (χ0) is 18.0. The molecule has 0 bridgehead atoms. The third kappa shape index (κ3) is 4.21. The second kappa shape index (κ2) is 6.90. The van der Waals surface area contributed by atoms with Gasteiger partial charge in [0.2, 0.25) is 5.89 Å². The van der Waals surface area contributed by atoms with Crippen molar-refractivity contribution in [2.75, 3.05) is 7.05 Å². The summed E-state index contributed by atoms with van der Waals surface area (Å²) in [5.41, 5.74) is 2.76. The van der Waals surface area contributed by atoms with E-state index in [1.165, 1.54) is 11.1 Å². The Kier molecular flexibility index (Phi) is 4.84. The van der Waals surface area contributed by atoms with Crippen molar-refractivity contribution in [3.05, 3.63) is 53.2 Å². The smallest absolute Gasteiger partial charge is 0.213 e. The number of guanidine groups is 1. The Labute approximate surface area is 150 Å². The number of rotatable bonds is 4. The van der Waals surface area contributed by atoms with Gasteiger partial charge in [0, 0.05) is 24.4 Å². The zero-order valence-corrected chi connectivity index (χ0v) is 15.8. The molecule has 1 fully saturated rings. The van der Waals surface area contributed by atoms with Crippen molar-refractivity contribution in [1.82, 2.24) is 15.6 Å². The first-order chi connectivity index (χ1) is 11.9. The van der Waals surface area contributed by atoms with E-state index in [1.54, 1.807) is 7.05 Å². The predicted molar refractivity (Wildman–Crippen MR) is 101 cm³/mol. The number of nitrogens with zero attached hydrogens (tertiary/aromatic N) is 2. The van der Waals surface area contributed by atoms with E-state index in [2.05, 4.69) is 72.6 Å². The van der Waals surface area contributed by atoms with Gasteiger partial charge in [0.1, 0.15) is 5.76 Å². The molecule has 0 saturated heterocycles. The molecule has 1 saturated carbocycles. The lowest BCUT2D eigenvalue weighted by atomic mass is 9.94. The normalized spacial score (nSPS) is 20.4. The number of nitrogens with one attached hydrogen (secondary N) is 2. The van der Waals surface area contributed by atoms with Crippen LogP contribution in [0, 0.1) is 6.92 Å². The topological polar surface area (TPSA) is 62.5 Å². The molecule has 5 heteroatoms. The Hall–Kier alpha value is -2.30. The van der Waals surface area contributed by atoms with E-state index < -0.39 is 0 Å². The highest BCUT2D eigenvalue weighted by molar-refractivity contribution is 5.80. The fourth-order valence-corrected chi connectivity index (χ4v) is 2.97. The first-order valence-electron chi connectivity index (χ1n) is 8.86. The van der Waals surface area contributed by atoms with Crippen LogP contribution in [0.15, 0.2) is 39.9 Å². The number of aliphatic imine (C=N–C) groups is 1. The van der Waals surface area contributed by atoms with Gasteiger partial charge in [-0.1, -0.05) is 45.0 Å². The zero-order valence-electron chi connectivity index (χ0n) is 15.8. The third-order valence-electron chi connectivity index (χ3n) is 4.62. The molecule has 5 nitrogen and oxygen atoms in total. The molecule has 2 unspecified atom stereocenters. The van der Waals surface area contributed by atoms with Crippen LogP contribution < -0.4 is 10.6 Å². The van der Waals surface area contributed by atoms with Crippen LogP contribution in [0.4, 0.5) is 0 Å². The van der Waals surface area contributed by atoms with E-state index in [4.69, 9.17) is 4.42 Å². The van der Waals surface area contributed by atoms with Crippen molar-refractivity contribution in [2.24, 2.45) is 4.99 Å². The van der Waals surface area contributed by atoms with Crippen LogP contribution in [-0.2, 0) is 12.0 Å². The molecule has 0 spiro atoms. The first kappa shape index (κ1) is 17.5. The SMILES string of the molecule is CN=C(NCc1ncc(C(C)(C)C)o1)NC1CC1c1ccccc1C. The van der Waals surface area contributed by atoms with Gasteiger partial charge in [-0.25, -0.2) is 4.98 Å². The molecule has 2 atom stereocenters. The van der Waals surface area contributed by atoms with Crippen LogP contribution in [0.2, 0.25) is 0 Å². The molecule has 0 amide bonds. The summed E-state index contributed by atoms with van der Waals surface area (Å²) in [5.74, 6) is 2.93. The van der Waals surface area contributed by atoms with Crippen molar-refractivity contribution in [3.8, 4) is 0 Å². The summed E-state index contributed by atoms with van der Waals surface area (Å²) in [5, 5.41) is 6.78. The maximum absolute atomic E-state index is 5.81. The number of hydrogen-bond donors (Lipinski definition) is 2. The molecule has 1 aromatic heterocycles. The molecule has 0 radical (unpaired) electrons. The van der Waals surface area contributed by atoms with Gasteiger partial charge in [0.25, 0.3) is 0 Å². The standard InChI is InChI=1S/C20H28N4O/c1-13-8-6-7-9-14(13)15-10-16(15)24-19(21-5)23-12-18-22-11-17(25-18)20(2,3)4/h6-9,11,15-16H,10,12H2,1-5H3,(H2,21,23,24). The van der Waals surface area contributed by atoms with Gasteiger partial charge >= 0.3 is 0 Å². The van der Waals surface area contributed by atoms with Crippen LogP contribution in [0.5, 0.6) is 0 Å². The lowest BCUT2D eigenvalue weighted by Gasteiger charge is -2.13. The van der Waals surface area contributed by atoms with E-state index >= 15 is 0 Å². The second-order valence-corrected chi connectivity index (χ2v) is 7.74. The molecule has 1 aromatic carbocycles. The third-order valence-corrected chi connectivity index (χ3v) is 4.62. The van der Waals surface area contributed by atoms with Crippen molar-refractivity contribution < 1.29 is 4.42 Å². The van der Waals surface area contributed by atoms with E-state index in [0.29, 0.717) is 24.4 Å². The largest absolute Gasteiger partial charge is 0.443 e. The lowest BCUT2D eigenvalue weighted by molar-refractivity contribution is 0.379. The maximum atomic E-state index is 5.81. The molecule has 1 heterocycles. The highest BCUT2D eigenvalue weighted by Gasteiger charge is 2.39. The molecule has 134 valence electrons. The summed E-state index contributed by atoms with van der Waals surface area (Å²) < 4.78 is 5.81. The molecule has 1 aliphatic rings. The summed E-state index contributed by atoms with van der Waals surface area (Å²) in [7, 11) is 1.79. The molecular formula is C20H28N4O. The van der Waals surface area contributed by atoms with Crippen LogP contribution in [0.25, 0.3) is 0 Å². The van der Waals surface area contributed by atoms with Gasteiger partial charge in [-0.15, -0.1) is 0 Å². The molecule has 0 aliphatic heterocycles. The van der Waals surface area contributed by atoms with Gasteiger partial charge in [0.15, 0.2) is 5.96 Å². The van der Waals surface area contributed by atoms with Crippen LogP contribution in [-0.4, -0.2) is 24.0 Å². The van der Waals surface area contributed by atoms with Crippen molar-refractivity contribution in [1.29, 1.82) is 0 Å². The summed E-state index contributed by atoms with van der Waals surface area (Å²) in [6.45, 7) is 9.04. The summed E-state index contributed by atoms with van der Waals surface area (Å²) in [4.78, 5) is 8.66. The Bertz CT molecular complexity index is 757. The average Bonchev–Trinajstić information content (AvgIpc) is 3.14. The highest BCUT2D eigenvalue weighted by Crippen LogP contribution is 2.42. The monoisotopic (exact) mass is 340 g/mol. The first-order valence-corrected chi connectivity index (χ1v) is 8.86. The average molecular weight is 340 g/mol. The Morgan fingerprint density at radius 2 is 2.08 bits per heavy atom. The quantitative estimate of drug-likeness (QED) is 0.660. The van der Waals surface area contributed by atoms with Crippen LogP contribution >= 0.6 is 0 Å². The van der Waals surface area contributed by atoms with E-state index in [-0.39, 0.29) is 5.41 Å². The van der Waals surface area contributed by atoms with Gasteiger partial charge in [-0.2, -0.15) is 0 Å². The summed E-state index contributed by atoms with van der Waals surface area (Å²) in [6, 6.07) is 9.03. The van der Waals surface area contributed by atoms with E-state index in [0.717, 1.165) is 18.1 Å². The second-order valence-electron chi connectivity index (χ2n) is 7.74. The molecule has 3 rings (SSSR count). The lowest BCUT2D eigenvalue weighted by Crippen LogP contribution is -2.38. The Morgan fingerprint density at radius 1 is 1.32 bits per heavy atom. The van der Waals surface area contributed by atoms with Gasteiger partial charge in [-0.3, -0.25) is 4.99 Å². The minimum Gasteiger partial charge on any atom is -0.443 e. The number of oxazole rings is 1. The predicted octanol–water partition coefficient (Wildman–Crippen LogP) is 3.50. The maximum Gasteiger partial charge on any atom is 0.213 e. The van der Waals surface area contributed by atoms with Crippen molar-refractivity contribution >= 4 is 5.96 Å².